The number of rotatable bonds is 6. The topological polar surface area (TPSA) is 75.9 Å². The van der Waals surface area contributed by atoms with Crippen molar-refractivity contribution in [1.29, 1.82) is 0 Å². The number of nitrogens with zero attached hydrogens (tertiary/aromatic N) is 5. The van der Waals surface area contributed by atoms with Gasteiger partial charge < -0.3 is 5.32 Å². The average molecular weight is 397 g/mol. The zero-order valence-electron chi connectivity index (χ0n) is 17.4. The molecule has 1 saturated carbocycles. The number of likely N-dealkylation sites (tertiary alicyclic amines) is 1. The Labute approximate surface area is 172 Å². The minimum Gasteiger partial charge on any atom is -0.352 e. The number of carbonyl (C=O) groups excluding carboxylic acids is 1. The van der Waals surface area contributed by atoms with E-state index in [0.29, 0.717) is 17.9 Å². The van der Waals surface area contributed by atoms with Gasteiger partial charge in [0.05, 0.1) is 0 Å². The number of tetrazole rings is 1. The maximum absolute atomic E-state index is 12.2. The molecular formula is C22H32N6O. The molecule has 2 fully saturated rings. The van der Waals surface area contributed by atoms with Crippen molar-refractivity contribution < 1.29 is 4.79 Å². The normalized spacial score (nSPS) is 21.2. The highest BCUT2D eigenvalue weighted by molar-refractivity contribution is 5.75. The molecule has 4 rings (SSSR count). The van der Waals surface area contributed by atoms with Crippen LogP contribution < -0.4 is 5.32 Å². The summed E-state index contributed by atoms with van der Waals surface area (Å²) in [5.74, 6) is 0.528. The van der Waals surface area contributed by atoms with E-state index in [1.807, 2.05) is 12.1 Å². The molecule has 1 saturated heterocycles. The van der Waals surface area contributed by atoms with Crippen LogP contribution >= 0.6 is 0 Å². The van der Waals surface area contributed by atoms with E-state index in [9.17, 15) is 4.79 Å². The Morgan fingerprint density at radius 3 is 2.59 bits per heavy atom. The van der Waals surface area contributed by atoms with Gasteiger partial charge in [-0.3, -0.25) is 9.69 Å². The summed E-state index contributed by atoms with van der Waals surface area (Å²) in [5.41, 5.74) is 2.24. The third-order valence-corrected chi connectivity index (χ3v) is 6.25. The largest absolute Gasteiger partial charge is 0.352 e. The smallest absolute Gasteiger partial charge is 0.243 e. The monoisotopic (exact) mass is 396 g/mol. The Morgan fingerprint density at radius 2 is 1.83 bits per heavy atom. The fourth-order valence-corrected chi connectivity index (χ4v) is 4.46. The molecule has 1 aromatic carbocycles. The summed E-state index contributed by atoms with van der Waals surface area (Å²) in [6, 6.07) is 9.35. The van der Waals surface area contributed by atoms with E-state index in [1.54, 1.807) is 0 Å². The Hall–Kier alpha value is -2.28. The number of hydrogen-bond donors (Lipinski definition) is 1. The van der Waals surface area contributed by atoms with Crippen LogP contribution in [0.15, 0.2) is 24.3 Å². The third kappa shape index (κ3) is 5.41. The predicted molar refractivity (Wildman–Crippen MR) is 112 cm³/mol. The molecule has 1 aliphatic heterocycles. The molecule has 156 valence electrons. The second kappa shape index (κ2) is 9.48. The molecule has 7 nitrogen and oxygen atoms in total. The molecule has 7 heteroatoms. The fourth-order valence-electron chi connectivity index (χ4n) is 4.46. The minimum absolute atomic E-state index is 0.0353. The van der Waals surface area contributed by atoms with Gasteiger partial charge in [-0.2, -0.15) is 4.80 Å². The van der Waals surface area contributed by atoms with Crippen molar-refractivity contribution in [2.24, 2.45) is 0 Å². The van der Waals surface area contributed by atoms with Gasteiger partial charge in [-0.15, -0.1) is 10.2 Å². The molecule has 0 radical (unpaired) electrons. The van der Waals surface area contributed by atoms with Crippen LogP contribution in [0, 0.1) is 0 Å². The van der Waals surface area contributed by atoms with E-state index in [1.165, 1.54) is 55.4 Å². The highest BCUT2D eigenvalue weighted by Crippen LogP contribution is 2.21. The van der Waals surface area contributed by atoms with Gasteiger partial charge in [-0.1, -0.05) is 49.9 Å². The highest BCUT2D eigenvalue weighted by Gasteiger charge is 2.19. The van der Waals surface area contributed by atoms with E-state index < -0.39 is 0 Å². The minimum atomic E-state index is -0.0353. The molecule has 1 atom stereocenters. The van der Waals surface area contributed by atoms with Crippen molar-refractivity contribution in [2.75, 3.05) is 6.54 Å². The third-order valence-electron chi connectivity index (χ3n) is 6.25. The first-order valence-electron chi connectivity index (χ1n) is 11.1. The lowest BCUT2D eigenvalue weighted by molar-refractivity contribution is -0.123. The van der Waals surface area contributed by atoms with Crippen molar-refractivity contribution in [1.82, 2.24) is 30.4 Å². The van der Waals surface area contributed by atoms with E-state index in [2.05, 4.69) is 44.7 Å². The first-order valence-corrected chi connectivity index (χ1v) is 11.1. The molecule has 0 spiro atoms. The SMILES string of the molecule is C[C@@H]1CCCCN1Cc1ccc(-c2nnn(CC(=O)NC3CCCCC3)n2)cc1. The van der Waals surface area contributed by atoms with Crippen LogP contribution in [-0.4, -0.2) is 49.6 Å². The number of nitrogens with one attached hydrogen (secondary N) is 1. The van der Waals surface area contributed by atoms with Crippen LogP contribution in [0.25, 0.3) is 11.4 Å². The average Bonchev–Trinajstić information content (AvgIpc) is 3.19. The van der Waals surface area contributed by atoms with Gasteiger partial charge in [-0.25, -0.2) is 0 Å². The maximum atomic E-state index is 12.2. The van der Waals surface area contributed by atoms with Gasteiger partial charge in [0.1, 0.15) is 6.54 Å². The lowest BCUT2D eigenvalue weighted by atomic mass is 9.95. The molecule has 1 N–H and O–H groups in total. The second-order valence-electron chi connectivity index (χ2n) is 8.56. The molecule has 1 aliphatic carbocycles. The van der Waals surface area contributed by atoms with Gasteiger partial charge in [-0.05, 0) is 49.9 Å². The number of aromatic nitrogens is 4. The number of carbonyl (C=O) groups is 1. The molecule has 2 heterocycles. The molecule has 2 aliphatic rings. The first kappa shape index (κ1) is 20.0. The van der Waals surface area contributed by atoms with Crippen molar-refractivity contribution in [3.63, 3.8) is 0 Å². The summed E-state index contributed by atoms with van der Waals surface area (Å²) in [6.07, 6.45) is 9.75. The molecule has 29 heavy (non-hydrogen) atoms. The highest BCUT2D eigenvalue weighted by atomic mass is 16.2. The van der Waals surface area contributed by atoms with Gasteiger partial charge in [0.2, 0.25) is 11.7 Å². The summed E-state index contributed by atoms with van der Waals surface area (Å²) in [5, 5.41) is 15.7. The van der Waals surface area contributed by atoms with Gasteiger partial charge >= 0.3 is 0 Å². The quantitative estimate of drug-likeness (QED) is 0.812. The van der Waals surface area contributed by atoms with Crippen LogP contribution in [-0.2, 0) is 17.9 Å². The second-order valence-corrected chi connectivity index (χ2v) is 8.56. The summed E-state index contributed by atoms with van der Waals surface area (Å²) in [4.78, 5) is 16.2. The molecular weight excluding hydrogens is 364 g/mol. The Morgan fingerprint density at radius 1 is 1.07 bits per heavy atom. The van der Waals surface area contributed by atoms with E-state index in [-0.39, 0.29) is 12.5 Å². The maximum Gasteiger partial charge on any atom is 0.243 e. The molecule has 2 aromatic rings. The van der Waals surface area contributed by atoms with Crippen LogP contribution in [0.1, 0.15) is 63.9 Å². The predicted octanol–water partition coefficient (Wildman–Crippen LogP) is 3.16. The lowest BCUT2D eigenvalue weighted by Crippen LogP contribution is -2.38. The number of piperidine rings is 1. The van der Waals surface area contributed by atoms with Crippen LogP contribution in [0.5, 0.6) is 0 Å². The van der Waals surface area contributed by atoms with Crippen LogP contribution in [0.4, 0.5) is 0 Å². The molecule has 0 bridgehead atoms. The summed E-state index contributed by atoms with van der Waals surface area (Å²) in [6.45, 7) is 4.61. The summed E-state index contributed by atoms with van der Waals surface area (Å²) >= 11 is 0. The van der Waals surface area contributed by atoms with Gasteiger partial charge in [0.25, 0.3) is 0 Å². The first-order chi connectivity index (χ1) is 14.2. The van der Waals surface area contributed by atoms with Crippen molar-refractivity contribution in [3.05, 3.63) is 29.8 Å². The van der Waals surface area contributed by atoms with Crippen molar-refractivity contribution in [2.45, 2.75) is 83.5 Å². The molecule has 1 aromatic heterocycles. The zero-order valence-corrected chi connectivity index (χ0v) is 17.4. The zero-order chi connectivity index (χ0) is 20.1. The van der Waals surface area contributed by atoms with E-state index in [4.69, 9.17) is 0 Å². The van der Waals surface area contributed by atoms with Crippen LogP contribution in [0.2, 0.25) is 0 Å². The van der Waals surface area contributed by atoms with Crippen LogP contribution in [0.3, 0.4) is 0 Å². The van der Waals surface area contributed by atoms with Gasteiger partial charge in [0.15, 0.2) is 0 Å². The van der Waals surface area contributed by atoms with E-state index in [0.717, 1.165) is 24.9 Å². The Kier molecular flexibility index (Phi) is 6.54. The standard InChI is InChI=1S/C22H32N6O/c1-17-7-5-6-14-27(17)15-18-10-12-19(13-11-18)22-24-26-28(25-22)16-21(29)23-20-8-3-2-4-9-20/h10-13,17,20H,2-9,14-16H2,1H3,(H,23,29)/t17-/m1/s1. The number of amides is 1. The van der Waals surface area contributed by atoms with Crippen molar-refractivity contribution in [3.8, 4) is 11.4 Å². The Balaban J connectivity index is 1.32. The lowest BCUT2D eigenvalue weighted by Gasteiger charge is -2.33. The van der Waals surface area contributed by atoms with Crippen molar-refractivity contribution >= 4 is 5.91 Å². The number of benzene rings is 1. The number of hydrogen-bond acceptors (Lipinski definition) is 5. The summed E-state index contributed by atoms with van der Waals surface area (Å²) < 4.78 is 0. The van der Waals surface area contributed by atoms with E-state index >= 15 is 0 Å². The molecule has 1 amide bonds. The Bertz CT molecular complexity index is 796. The summed E-state index contributed by atoms with van der Waals surface area (Å²) in [7, 11) is 0. The fraction of sp³-hybridized carbons (Fsp3) is 0.636. The van der Waals surface area contributed by atoms with Gasteiger partial charge in [0, 0.05) is 24.2 Å². The molecule has 0 unspecified atom stereocenters.